The number of nitro groups is 1. The normalized spacial score (nSPS) is 18.8. The van der Waals surface area contributed by atoms with Crippen molar-refractivity contribution in [1.82, 2.24) is 10.0 Å². The minimum atomic E-state index is -4.03. The highest BCUT2D eigenvalue weighted by Crippen LogP contribution is 2.24. The van der Waals surface area contributed by atoms with Crippen molar-refractivity contribution in [2.24, 2.45) is 0 Å². The fourth-order valence-corrected chi connectivity index (χ4v) is 3.51. The molecule has 0 amide bonds. The van der Waals surface area contributed by atoms with Crippen LogP contribution in [0.5, 0.6) is 0 Å². The Labute approximate surface area is 121 Å². The van der Waals surface area contributed by atoms with E-state index in [1.54, 1.807) is 0 Å². The maximum Gasteiger partial charge on any atom is 0.292 e. The van der Waals surface area contributed by atoms with Crippen LogP contribution in [-0.4, -0.2) is 32.5 Å². The zero-order chi connectivity index (χ0) is 15.5. The van der Waals surface area contributed by atoms with Gasteiger partial charge in [0.2, 0.25) is 10.0 Å². The summed E-state index contributed by atoms with van der Waals surface area (Å²) in [5, 5.41) is 14.1. The summed E-state index contributed by atoms with van der Waals surface area (Å²) in [6.07, 6.45) is 2.65. The first-order chi connectivity index (χ1) is 9.90. The summed E-state index contributed by atoms with van der Waals surface area (Å²) in [4.78, 5) is 9.41. The van der Waals surface area contributed by atoms with E-state index in [2.05, 4.69) is 10.0 Å². The molecule has 0 unspecified atom stereocenters. The van der Waals surface area contributed by atoms with Gasteiger partial charge in [0.05, 0.1) is 11.0 Å². The highest BCUT2D eigenvalue weighted by atomic mass is 32.2. The molecule has 116 valence electrons. The highest BCUT2D eigenvalue weighted by Gasteiger charge is 2.26. The Morgan fingerprint density at radius 3 is 2.86 bits per heavy atom. The SMILES string of the molecule is O=[N+]([O-])c1cc(F)ccc1S(=O)(=O)NCC[C@@H]1CCCN1. The molecule has 1 aromatic rings. The third kappa shape index (κ3) is 3.96. The van der Waals surface area contributed by atoms with Crippen molar-refractivity contribution in [3.05, 3.63) is 34.1 Å². The Morgan fingerprint density at radius 1 is 1.48 bits per heavy atom. The number of halogens is 1. The Hall–Kier alpha value is -1.58. The minimum absolute atomic E-state index is 0.175. The van der Waals surface area contributed by atoms with E-state index in [9.17, 15) is 22.9 Å². The third-order valence-corrected chi connectivity index (χ3v) is 4.86. The molecule has 1 aliphatic heterocycles. The lowest BCUT2D eigenvalue weighted by Crippen LogP contribution is -2.31. The van der Waals surface area contributed by atoms with Crippen molar-refractivity contribution >= 4 is 15.7 Å². The Balaban J connectivity index is 2.09. The van der Waals surface area contributed by atoms with Gasteiger partial charge < -0.3 is 5.32 Å². The number of rotatable bonds is 6. The summed E-state index contributed by atoms with van der Waals surface area (Å²) in [5.41, 5.74) is -0.763. The van der Waals surface area contributed by atoms with Crippen LogP contribution in [0.15, 0.2) is 23.1 Å². The quantitative estimate of drug-likeness (QED) is 0.605. The number of nitrogens with zero attached hydrogens (tertiary/aromatic N) is 1. The molecule has 2 N–H and O–H groups in total. The molecule has 1 saturated heterocycles. The van der Waals surface area contributed by atoms with E-state index in [0.29, 0.717) is 12.5 Å². The second-order valence-corrected chi connectivity index (χ2v) is 6.58. The molecule has 7 nitrogen and oxygen atoms in total. The number of nitrogens with one attached hydrogen (secondary N) is 2. The summed E-state index contributed by atoms with van der Waals surface area (Å²) < 4.78 is 39.5. The zero-order valence-corrected chi connectivity index (χ0v) is 12.0. The fourth-order valence-electron chi connectivity index (χ4n) is 2.31. The van der Waals surface area contributed by atoms with Crippen molar-refractivity contribution in [1.29, 1.82) is 0 Å². The zero-order valence-electron chi connectivity index (χ0n) is 11.2. The summed E-state index contributed by atoms with van der Waals surface area (Å²) in [5.74, 6) is -0.851. The molecule has 0 saturated carbocycles. The number of hydrogen-bond donors (Lipinski definition) is 2. The molecule has 1 aliphatic rings. The monoisotopic (exact) mass is 317 g/mol. The smallest absolute Gasteiger partial charge is 0.292 e. The third-order valence-electron chi connectivity index (χ3n) is 3.35. The number of hydrogen-bond acceptors (Lipinski definition) is 5. The average molecular weight is 317 g/mol. The topological polar surface area (TPSA) is 101 Å². The molecule has 0 aliphatic carbocycles. The van der Waals surface area contributed by atoms with Gasteiger partial charge in [-0.05, 0) is 37.9 Å². The second kappa shape index (κ2) is 6.46. The van der Waals surface area contributed by atoms with Gasteiger partial charge in [-0.15, -0.1) is 0 Å². The molecule has 0 radical (unpaired) electrons. The van der Waals surface area contributed by atoms with Gasteiger partial charge in [-0.1, -0.05) is 0 Å². The van der Waals surface area contributed by atoms with Crippen LogP contribution < -0.4 is 10.0 Å². The second-order valence-electron chi connectivity index (χ2n) is 4.85. The molecule has 21 heavy (non-hydrogen) atoms. The fraction of sp³-hybridized carbons (Fsp3) is 0.500. The maximum absolute atomic E-state index is 13.0. The highest BCUT2D eigenvalue weighted by molar-refractivity contribution is 7.89. The molecule has 1 heterocycles. The predicted molar refractivity (Wildman–Crippen MR) is 73.9 cm³/mol. The van der Waals surface area contributed by atoms with Crippen LogP contribution in [0, 0.1) is 15.9 Å². The van der Waals surface area contributed by atoms with Crippen LogP contribution in [0.2, 0.25) is 0 Å². The number of nitro benzene ring substituents is 1. The van der Waals surface area contributed by atoms with Gasteiger partial charge in [0, 0.05) is 12.6 Å². The van der Waals surface area contributed by atoms with E-state index in [0.717, 1.165) is 31.5 Å². The first-order valence-corrected chi connectivity index (χ1v) is 8.05. The minimum Gasteiger partial charge on any atom is -0.314 e. The lowest BCUT2D eigenvalue weighted by molar-refractivity contribution is -0.388. The summed E-state index contributed by atoms with van der Waals surface area (Å²) in [6.45, 7) is 1.09. The number of benzene rings is 1. The molecule has 0 aromatic heterocycles. The van der Waals surface area contributed by atoms with Crippen LogP contribution in [0.1, 0.15) is 19.3 Å². The van der Waals surface area contributed by atoms with Crippen LogP contribution in [0.3, 0.4) is 0 Å². The lowest BCUT2D eigenvalue weighted by Gasteiger charge is -2.11. The van der Waals surface area contributed by atoms with E-state index in [1.807, 2.05) is 0 Å². The van der Waals surface area contributed by atoms with Gasteiger partial charge in [0.15, 0.2) is 4.90 Å². The largest absolute Gasteiger partial charge is 0.314 e. The average Bonchev–Trinajstić information content (AvgIpc) is 2.91. The van der Waals surface area contributed by atoms with Crippen LogP contribution >= 0.6 is 0 Å². The maximum atomic E-state index is 13.0. The van der Waals surface area contributed by atoms with Crippen LogP contribution in [0.25, 0.3) is 0 Å². The summed E-state index contributed by atoms with van der Waals surface area (Å²) in [7, 11) is -4.03. The van der Waals surface area contributed by atoms with E-state index in [-0.39, 0.29) is 12.6 Å². The van der Waals surface area contributed by atoms with Gasteiger partial charge in [0.25, 0.3) is 5.69 Å². The first-order valence-electron chi connectivity index (χ1n) is 6.57. The molecule has 1 aromatic carbocycles. The molecular formula is C12H16FN3O4S. The summed E-state index contributed by atoms with van der Waals surface area (Å²) >= 11 is 0. The molecule has 1 fully saturated rings. The molecule has 1 atom stereocenters. The standard InChI is InChI=1S/C12H16FN3O4S/c13-9-3-4-12(11(8-9)16(17)18)21(19,20)15-7-5-10-2-1-6-14-10/h3-4,8,10,14-15H,1-2,5-7H2/t10-/m0/s1. The Kier molecular flexibility index (Phi) is 4.86. The predicted octanol–water partition coefficient (Wildman–Crippen LogP) is 1.15. The molecule has 0 spiro atoms. The Bertz CT molecular complexity index is 629. The molecular weight excluding hydrogens is 301 g/mol. The van der Waals surface area contributed by atoms with Crippen molar-refractivity contribution in [3.63, 3.8) is 0 Å². The van der Waals surface area contributed by atoms with Gasteiger partial charge >= 0.3 is 0 Å². The van der Waals surface area contributed by atoms with E-state index in [4.69, 9.17) is 0 Å². The van der Waals surface area contributed by atoms with Crippen molar-refractivity contribution < 1.29 is 17.7 Å². The van der Waals surface area contributed by atoms with Gasteiger partial charge in [-0.25, -0.2) is 17.5 Å². The van der Waals surface area contributed by atoms with Crippen molar-refractivity contribution in [3.8, 4) is 0 Å². The summed E-state index contributed by atoms with van der Waals surface area (Å²) in [6, 6.07) is 2.66. The lowest BCUT2D eigenvalue weighted by atomic mass is 10.2. The van der Waals surface area contributed by atoms with E-state index in [1.165, 1.54) is 0 Å². The molecule has 0 bridgehead atoms. The van der Waals surface area contributed by atoms with Crippen LogP contribution in [-0.2, 0) is 10.0 Å². The molecule has 2 rings (SSSR count). The molecule has 9 heteroatoms. The van der Waals surface area contributed by atoms with E-state index >= 15 is 0 Å². The first kappa shape index (κ1) is 15.8. The van der Waals surface area contributed by atoms with Gasteiger partial charge in [-0.2, -0.15) is 0 Å². The van der Waals surface area contributed by atoms with Gasteiger partial charge in [0.1, 0.15) is 5.82 Å². The van der Waals surface area contributed by atoms with Gasteiger partial charge in [-0.3, -0.25) is 10.1 Å². The number of sulfonamides is 1. The van der Waals surface area contributed by atoms with Crippen LogP contribution in [0.4, 0.5) is 10.1 Å². The van der Waals surface area contributed by atoms with E-state index < -0.39 is 31.3 Å². The van der Waals surface area contributed by atoms with Crippen molar-refractivity contribution in [2.75, 3.05) is 13.1 Å². The van der Waals surface area contributed by atoms with Crippen molar-refractivity contribution in [2.45, 2.75) is 30.2 Å². The Morgan fingerprint density at radius 2 is 2.24 bits per heavy atom.